The number of hydrogen-bond acceptors (Lipinski definition) is 3. The summed E-state index contributed by atoms with van der Waals surface area (Å²) in [5, 5.41) is 0. The van der Waals surface area contributed by atoms with Gasteiger partial charge >= 0.3 is 0 Å². The molecule has 142 valence electrons. The van der Waals surface area contributed by atoms with Crippen LogP contribution >= 0.6 is 0 Å². The van der Waals surface area contributed by atoms with E-state index in [9.17, 15) is 4.79 Å². The van der Waals surface area contributed by atoms with E-state index in [2.05, 4.69) is 53.2 Å². The van der Waals surface area contributed by atoms with Crippen molar-refractivity contribution in [2.45, 2.75) is 51.2 Å². The Labute approximate surface area is 162 Å². The lowest BCUT2D eigenvalue weighted by atomic mass is 9.93. The Hall–Kier alpha value is -2.20. The summed E-state index contributed by atoms with van der Waals surface area (Å²) in [6.45, 7) is 3.82. The highest BCUT2D eigenvalue weighted by molar-refractivity contribution is 5.80. The molecule has 4 nitrogen and oxygen atoms in total. The van der Waals surface area contributed by atoms with Gasteiger partial charge in [0.05, 0.1) is 18.2 Å². The fourth-order valence-electron chi connectivity index (χ4n) is 4.80. The summed E-state index contributed by atoms with van der Waals surface area (Å²) in [5.74, 6) is 0.365. The summed E-state index contributed by atoms with van der Waals surface area (Å²) in [4.78, 5) is 22.2. The molecule has 2 aromatic rings. The molecule has 27 heavy (non-hydrogen) atoms. The van der Waals surface area contributed by atoms with Crippen LogP contribution in [0.5, 0.6) is 0 Å². The quantitative estimate of drug-likeness (QED) is 0.810. The SMILES string of the molecule is CCc1ccc(CN(C)C(=O)[C@H]2C[C@@H](c3ccccc3)N3CCC[C@H]23)nc1. The third-order valence-corrected chi connectivity index (χ3v) is 6.26. The molecule has 0 radical (unpaired) electrons. The average Bonchev–Trinajstić information content (AvgIpc) is 3.31. The normalized spacial score (nSPS) is 24.7. The van der Waals surface area contributed by atoms with Crippen LogP contribution in [0.4, 0.5) is 0 Å². The van der Waals surface area contributed by atoms with E-state index >= 15 is 0 Å². The minimum Gasteiger partial charge on any atom is -0.340 e. The van der Waals surface area contributed by atoms with Gasteiger partial charge < -0.3 is 4.90 Å². The van der Waals surface area contributed by atoms with E-state index < -0.39 is 0 Å². The van der Waals surface area contributed by atoms with Crippen LogP contribution in [0.2, 0.25) is 0 Å². The maximum Gasteiger partial charge on any atom is 0.227 e. The van der Waals surface area contributed by atoms with Gasteiger partial charge in [-0.05, 0) is 49.4 Å². The first-order chi connectivity index (χ1) is 13.2. The Morgan fingerprint density at radius 2 is 2.04 bits per heavy atom. The molecule has 0 spiro atoms. The minimum atomic E-state index is 0.0950. The smallest absolute Gasteiger partial charge is 0.227 e. The molecule has 0 aliphatic carbocycles. The van der Waals surface area contributed by atoms with Gasteiger partial charge in [0.1, 0.15) is 0 Å². The summed E-state index contributed by atoms with van der Waals surface area (Å²) < 4.78 is 0. The fourth-order valence-corrected chi connectivity index (χ4v) is 4.80. The summed E-state index contributed by atoms with van der Waals surface area (Å²) in [6.07, 6.45) is 6.18. The van der Waals surface area contributed by atoms with Gasteiger partial charge in [0.25, 0.3) is 0 Å². The van der Waals surface area contributed by atoms with Crippen molar-refractivity contribution in [1.29, 1.82) is 0 Å². The number of hydrogen-bond donors (Lipinski definition) is 0. The number of rotatable bonds is 5. The summed E-state index contributed by atoms with van der Waals surface area (Å²) in [6, 6.07) is 15.6. The Morgan fingerprint density at radius 3 is 2.74 bits per heavy atom. The summed E-state index contributed by atoms with van der Waals surface area (Å²) in [5.41, 5.74) is 3.54. The van der Waals surface area contributed by atoms with Gasteiger partial charge in [-0.25, -0.2) is 0 Å². The molecule has 0 N–H and O–H groups in total. The average molecular weight is 364 g/mol. The van der Waals surface area contributed by atoms with E-state index in [4.69, 9.17) is 0 Å². The molecule has 0 bridgehead atoms. The Morgan fingerprint density at radius 1 is 1.22 bits per heavy atom. The molecule has 4 rings (SSSR count). The van der Waals surface area contributed by atoms with Gasteiger partial charge in [-0.15, -0.1) is 0 Å². The molecule has 1 amide bonds. The zero-order valence-corrected chi connectivity index (χ0v) is 16.3. The molecule has 3 heterocycles. The fraction of sp³-hybridized carbons (Fsp3) is 0.478. The molecule has 0 saturated carbocycles. The maximum atomic E-state index is 13.3. The van der Waals surface area contributed by atoms with Crippen LogP contribution < -0.4 is 0 Å². The van der Waals surface area contributed by atoms with Crippen LogP contribution in [0, 0.1) is 5.92 Å². The zero-order valence-electron chi connectivity index (χ0n) is 16.3. The Kier molecular flexibility index (Phi) is 5.26. The molecule has 4 heteroatoms. The lowest BCUT2D eigenvalue weighted by Crippen LogP contribution is -2.38. The molecule has 2 fully saturated rings. The Bertz CT molecular complexity index is 774. The van der Waals surface area contributed by atoms with Crippen LogP contribution in [0.1, 0.15) is 49.0 Å². The van der Waals surface area contributed by atoms with Crippen molar-refractivity contribution in [2.75, 3.05) is 13.6 Å². The van der Waals surface area contributed by atoms with Crippen LogP contribution in [0.15, 0.2) is 48.7 Å². The molecular formula is C23H29N3O. The van der Waals surface area contributed by atoms with Gasteiger partial charge in [-0.3, -0.25) is 14.7 Å². The number of nitrogens with zero attached hydrogens (tertiary/aromatic N) is 3. The van der Waals surface area contributed by atoms with E-state index in [1.165, 1.54) is 17.5 Å². The van der Waals surface area contributed by atoms with Crippen molar-refractivity contribution >= 4 is 5.91 Å². The lowest BCUT2D eigenvalue weighted by molar-refractivity contribution is -0.135. The molecule has 2 aliphatic rings. The first-order valence-electron chi connectivity index (χ1n) is 10.2. The summed E-state index contributed by atoms with van der Waals surface area (Å²) >= 11 is 0. The van der Waals surface area contributed by atoms with Gasteiger partial charge in [0.2, 0.25) is 5.91 Å². The van der Waals surface area contributed by atoms with Crippen LogP contribution in [0.3, 0.4) is 0 Å². The Balaban J connectivity index is 1.47. The molecule has 3 atom stereocenters. The number of pyridine rings is 1. The molecule has 1 aromatic carbocycles. The van der Waals surface area contributed by atoms with Crippen LogP contribution in [-0.2, 0) is 17.8 Å². The van der Waals surface area contributed by atoms with E-state index in [1.54, 1.807) is 0 Å². The van der Waals surface area contributed by atoms with E-state index in [-0.39, 0.29) is 11.8 Å². The van der Waals surface area contributed by atoms with Gasteiger partial charge in [-0.1, -0.05) is 43.3 Å². The monoisotopic (exact) mass is 363 g/mol. The number of carbonyl (C=O) groups excluding carboxylic acids is 1. The van der Waals surface area contributed by atoms with E-state index in [0.717, 1.165) is 31.5 Å². The van der Waals surface area contributed by atoms with Crippen molar-refractivity contribution in [2.24, 2.45) is 5.92 Å². The first-order valence-corrected chi connectivity index (χ1v) is 10.2. The van der Waals surface area contributed by atoms with Crippen molar-refractivity contribution < 1.29 is 4.79 Å². The summed E-state index contributed by atoms with van der Waals surface area (Å²) in [7, 11) is 1.92. The standard InChI is InChI=1S/C23H29N3O/c1-3-17-11-12-19(24-15-17)16-25(2)23(27)20-14-22(18-8-5-4-6-9-18)26-13-7-10-21(20)26/h4-6,8-9,11-12,15,20-22H,3,7,10,13-14,16H2,1-2H3/t20-,21+,22-/m0/s1. The highest BCUT2D eigenvalue weighted by Crippen LogP contribution is 2.45. The highest BCUT2D eigenvalue weighted by Gasteiger charge is 2.47. The number of carbonyl (C=O) groups is 1. The van der Waals surface area contributed by atoms with Gasteiger partial charge in [-0.2, -0.15) is 0 Å². The second-order valence-corrected chi connectivity index (χ2v) is 7.92. The van der Waals surface area contributed by atoms with Crippen molar-refractivity contribution in [3.05, 3.63) is 65.5 Å². The maximum absolute atomic E-state index is 13.3. The highest BCUT2D eigenvalue weighted by atomic mass is 16.2. The third-order valence-electron chi connectivity index (χ3n) is 6.26. The van der Waals surface area contributed by atoms with E-state index in [1.807, 2.05) is 24.2 Å². The lowest BCUT2D eigenvalue weighted by Gasteiger charge is -2.26. The largest absolute Gasteiger partial charge is 0.340 e. The van der Waals surface area contributed by atoms with Gasteiger partial charge in [0, 0.05) is 25.3 Å². The number of amides is 1. The molecular weight excluding hydrogens is 334 g/mol. The predicted octanol–water partition coefficient (Wildman–Crippen LogP) is 3.83. The zero-order chi connectivity index (χ0) is 18.8. The van der Waals surface area contributed by atoms with Crippen molar-refractivity contribution in [1.82, 2.24) is 14.8 Å². The van der Waals surface area contributed by atoms with Crippen molar-refractivity contribution in [3.8, 4) is 0 Å². The number of benzene rings is 1. The van der Waals surface area contributed by atoms with Crippen LogP contribution in [-0.4, -0.2) is 40.3 Å². The number of fused-ring (bicyclic) bond motifs is 1. The number of aryl methyl sites for hydroxylation is 1. The molecule has 0 unspecified atom stereocenters. The number of aromatic nitrogens is 1. The molecule has 1 aromatic heterocycles. The third kappa shape index (κ3) is 3.63. The van der Waals surface area contributed by atoms with Gasteiger partial charge in [0.15, 0.2) is 0 Å². The van der Waals surface area contributed by atoms with Crippen molar-refractivity contribution in [3.63, 3.8) is 0 Å². The minimum absolute atomic E-state index is 0.0950. The predicted molar refractivity (Wildman–Crippen MR) is 107 cm³/mol. The molecule has 2 aliphatic heterocycles. The van der Waals surface area contributed by atoms with Crippen LogP contribution in [0.25, 0.3) is 0 Å². The second-order valence-electron chi connectivity index (χ2n) is 7.92. The first kappa shape index (κ1) is 18.2. The van der Waals surface area contributed by atoms with E-state index in [0.29, 0.717) is 18.6 Å². The molecule has 2 saturated heterocycles. The topological polar surface area (TPSA) is 36.4 Å². The second kappa shape index (κ2) is 7.81.